The fraction of sp³-hybridized carbons (Fsp3) is 0.619. The minimum absolute atomic E-state index is 0. The van der Waals surface area contributed by atoms with Gasteiger partial charge in [0.15, 0.2) is 5.96 Å². The van der Waals surface area contributed by atoms with Gasteiger partial charge in [0, 0.05) is 32.2 Å². The van der Waals surface area contributed by atoms with Crippen LogP contribution < -0.4 is 15.4 Å². The zero-order valence-corrected chi connectivity index (χ0v) is 20.8. The second-order valence-corrected chi connectivity index (χ2v) is 7.44. The number of methoxy groups -OCH3 is 1. The number of esters is 1. The van der Waals surface area contributed by atoms with Gasteiger partial charge < -0.3 is 24.8 Å². The lowest BCUT2D eigenvalue weighted by atomic mass is 10.1. The number of benzene rings is 1. The van der Waals surface area contributed by atoms with Crippen molar-refractivity contribution in [2.45, 2.75) is 53.2 Å². The molecular weight excluding hydrogens is 485 g/mol. The molecular formula is C21H36IN3O4. The molecule has 1 aromatic rings. The van der Waals surface area contributed by atoms with Crippen molar-refractivity contribution in [1.82, 2.24) is 10.6 Å². The Morgan fingerprint density at radius 3 is 2.52 bits per heavy atom. The number of hydrogen-bond acceptors (Lipinski definition) is 5. The zero-order chi connectivity index (χ0) is 21.0. The highest BCUT2D eigenvalue weighted by Crippen LogP contribution is 2.21. The molecule has 0 heterocycles. The predicted molar refractivity (Wildman–Crippen MR) is 127 cm³/mol. The van der Waals surface area contributed by atoms with Gasteiger partial charge >= 0.3 is 5.97 Å². The van der Waals surface area contributed by atoms with Crippen LogP contribution in [0.15, 0.2) is 23.2 Å². The van der Waals surface area contributed by atoms with Gasteiger partial charge in [0.25, 0.3) is 0 Å². The van der Waals surface area contributed by atoms with Gasteiger partial charge in [-0.15, -0.1) is 24.0 Å². The highest BCUT2D eigenvalue weighted by molar-refractivity contribution is 14.0. The van der Waals surface area contributed by atoms with E-state index in [1.165, 1.54) is 0 Å². The van der Waals surface area contributed by atoms with Crippen LogP contribution in [0, 0.1) is 6.92 Å². The average Bonchev–Trinajstić information content (AvgIpc) is 2.61. The third-order valence-corrected chi connectivity index (χ3v) is 3.54. The molecule has 0 saturated carbocycles. The summed E-state index contributed by atoms with van der Waals surface area (Å²) in [5, 5.41) is 6.15. The second kappa shape index (κ2) is 14.4. The lowest BCUT2D eigenvalue weighted by Gasteiger charge is -2.20. The number of hydrogen-bond donors (Lipinski definition) is 2. The SMILES string of the molecule is CCNC(=NCc1ccc(C)cc1OCCCOC)NCC(=O)OC(C)(C)C.I. The Morgan fingerprint density at radius 1 is 1.17 bits per heavy atom. The highest BCUT2D eigenvalue weighted by Gasteiger charge is 2.16. The topological polar surface area (TPSA) is 81.2 Å². The first-order chi connectivity index (χ1) is 13.2. The Labute approximate surface area is 192 Å². The zero-order valence-electron chi connectivity index (χ0n) is 18.5. The summed E-state index contributed by atoms with van der Waals surface area (Å²) >= 11 is 0. The lowest BCUT2D eigenvalue weighted by Crippen LogP contribution is -2.41. The van der Waals surface area contributed by atoms with Crippen LogP contribution in [-0.2, 0) is 20.8 Å². The quantitative estimate of drug-likeness (QED) is 0.162. The molecule has 7 nitrogen and oxygen atoms in total. The van der Waals surface area contributed by atoms with E-state index < -0.39 is 5.60 Å². The minimum Gasteiger partial charge on any atom is -0.493 e. The number of guanidine groups is 1. The van der Waals surface area contributed by atoms with Crippen LogP contribution in [0.5, 0.6) is 5.75 Å². The minimum atomic E-state index is -0.509. The Kier molecular flexibility index (Phi) is 13.7. The van der Waals surface area contributed by atoms with Crippen LogP contribution in [-0.4, -0.2) is 50.9 Å². The number of nitrogens with zero attached hydrogens (tertiary/aromatic N) is 1. The number of aliphatic imine (C=N–C) groups is 1. The van der Waals surface area contributed by atoms with Crippen LogP contribution in [0.1, 0.15) is 45.2 Å². The van der Waals surface area contributed by atoms with Gasteiger partial charge in [0.05, 0.1) is 13.2 Å². The average molecular weight is 521 g/mol. The molecule has 166 valence electrons. The number of rotatable bonds is 10. The van der Waals surface area contributed by atoms with Crippen molar-refractivity contribution in [1.29, 1.82) is 0 Å². The summed E-state index contributed by atoms with van der Waals surface area (Å²) in [7, 11) is 1.68. The lowest BCUT2D eigenvalue weighted by molar-refractivity contribution is -0.153. The van der Waals surface area contributed by atoms with Crippen LogP contribution in [0.4, 0.5) is 0 Å². The Balaban J connectivity index is 0.00000784. The van der Waals surface area contributed by atoms with E-state index in [-0.39, 0.29) is 36.5 Å². The molecule has 1 aromatic carbocycles. The summed E-state index contributed by atoms with van der Waals surface area (Å²) < 4.78 is 16.3. The third-order valence-electron chi connectivity index (χ3n) is 3.54. The molecule has 8 heteroatoms. The molecule has 0 aliphatic rings. The Hall–Kier alpha value is -1.55. The summed E-state index contributed by atoms with van der Waals surface area (Å²) in [5.41, 5.74) is 1.60. The molecule has 0 atom stereocenters. The molecule has 0 aliphatic carbocycles. The Morgan fingerprint density at radius 2 is 1.90 bits per heavy atom. The van der Waals surface area contributed by atoms with E-state index in [2.05, 4.69) is 15.6 Å². The van der Waals surface area contributed by atoms with E-state index in [1.807, 2.05) is 52.8 Å². The monoisotopic (exact) mass is 521 g/mol. The number of carbonyl (C=O) groups is 1. The predicted octanol–water partition coefficient (Wildman–Crippen LogP) is 3.43. The maximum absolute atomic E-state index is 11.9. The van der Waals surface area contributed by atoms with Gasteiger partial charge in [-0.05, 0) is 46.2 Å². The van der Waals surface area contributed by atoms with Crippen LogP contribution in [0.2, 0.25) is 0 Å². The van der Waals surface area contributed by atoms with Crippen LogP contribution >= 0.6 is 24.0 Å². The molecule has 1 rings (SSSR count). The van der Waals surface area contributed by atoms with Crippen LogP contribution in [0.3, 0.4) is 0 Å². The molecule has 0 fully saturated rings. The van der Waals surface area contributed by atoms with Gasteiger partial charge in [0.1, 0.15) is 17.9 Å². The second-order valence-electron chi connectivity index (χ2n) is 7.44. The summed E-state index contributed by atoms with van der Waals surface area (Å²) in [4.78, 5) is 16.5. The van der Waals surface area contributed by atoms with Crippen molar-refractivity contribution in [3.8, 4) is 5.75 Å². The number of carbonyl (C=O) groups excluding carboxylic acids is 1. The molecule has 2 N–H and O–H groups in total. The number of ether oxygens (including phenoxy) is 3. The van der Waals surface area contributed by atoms with Crippen molar-refractivity contribution in [3.63, 3.8) is 0 Å². The largest absolute Gasteiger partial charge is 0.493 e. The van der Waals surface area contributed by atoms with E-state index in [0.717, 1.165) is 23.3 Å². The van der Waals surface area contributed by atoms with Gasteiger partial charge in [-0.2, -0.15) is 0 Å². The van der Waals surface area contributed by atoms with E-state index in [9.17, 15) is 4.79 Å². The van der Waals surface area contributed by atoms with Crippen LogP contribution in [0.25, 0.3) is 0 Å². The molecule has 0 aliphatic heterocycles. The maximum Gasteiger partial charge on any atom is 0.325 e. The van der Waals surface area contributed by atoms with Crippen molar-refractivity contribution < 1.29 is 19.0 Å². The standard InChI is InChI=1S/C21H35N3O4.HI/c1-7-22-20(24-15-19(25)28-21(3,4)5)23-14-17-10-9-16(2)13-18(17)27-12-8-11-26-6;/h9-10,13H,7-8,11-12,14-15H2,1-6H3,(H2,22,23,24);1H. The summed E-state index contributed by atoms with van der Waals surface area (Å²) in [5.74, 6) is 1.05. The van der Waals surface area contributed by atoms with Crippen molar-refractivity contribution in [3.05, 3.63) is 29.3 Å². The molecule has 0 aromatic heterocycles. The number of nitrogens with one attached hydrogen (secondary N) is 2. The smallest absolute Gasteiger partial charge is 0.325 e. The maximum atomic E-state index is 11.9. The van der Waals surface area contributed by atoms with E-state index >= 15 is 0 Å². The molecule has 29 heavy (non-hydrogen) atoms. The van der Waals surface area contributed by atoms with E-state index in [0.29, 0.717) is 32.3 Å². The molecule has 0 saturated heterocycles. The van der Waals surface area contributed by atoms with Gasteiger partial charge in [0.2, 0.25) is 0 Å². The van der Waals surface area contributed by atoms with E-state index in [1.54, 1.807) is 7.11 Å². The van der Waals surface area contributed by atoms with Crippen molar-refractivity contribution in [2.24, 2.45) is 4.99 Å². The first-order valence-electron chi connectivity index (χ1n) is 9.70. The van der Waals surface area contributed by atoms with Gasteiger partial charge in [-0.1, -0.05) is 12.1 Å². The molecule has 0 unspecified atom stereocenters. The summed E-state index contributed by atoms with van der Waals surface area (Å²) in [6.45, 7) is 12.0. The van der Waals surface area contributed by atoms with Crippen molar-refractivity contribution in [2.75, 3.05) is 33.4 Å². The normalized spacial score (nSPS) is 11.4. The first kappa shape index (κ1) is 27.5. The van der Waals surface area contributed by atoms with Gasteiger partial charge in [-0.25, -0.2) is 4.99 Å². The number of aryl methyl sites for hydroxylation is 1. The fourth-order valence-electron chi connectivity index (χ4n) is 2.35. The summed E-state index contributed by atoms with van der Waals surface area (Å²) in [6.07, 6.45) is 0.827. The summed E-state index contributed by atoms with van der Waals surface area (Å²) in [6, 6.07) is 6.06. The molecule has 0 spiro atoms. The number of halogens is 1. The van der Waals surface area contributed by atoms with Crippen molar-refractivity contribution >= 4 is 35.9 Å². The molecule has 0 amide bonds. The third kappa shape index (κ3) is 12.6. The Bertz CT molecular complexity index is 645. The molecule has 0 radical (unpaired) electrons. The molecule has 0 bridgehead atoms. The highest BCUT2D eigenvalue weighted by atomic mass is 127. The van der Waals surface area contributed by atoms with Gasteiger partial charge in [-0.3, -0.25) is 4.79 Å². The van der Waals surface area contributed by atoms with E-state index in [4.69, 9.17) is 14.2 Å². The first-order valence-corrected chi connectivity index (χ1v) is 9.70. The fourth-order valence-corrected chi connectivity index (χ4v) is 2.35.